The zero-order valence-electron chi connectivity index (χ0n) is 17.1. The number of hydrogen-bond donors (Lipinski definition) is 1. The van der Waals surface area contributed by atoms with Gasteiger partial charge >= 0.3 is 0 Å². The van der Waals surface area contributed by atoms with Crippen molar-refractivity contribution in [3.63, 3.8) is 0 Å². The summed E-state index contributed by atoms with van der Waals surface area (Å²) in [5.41, 5.74) is 7.31. The van der Waals surface area contributed by atoms with E-state index in [1.165, 1.54) is 16.7 Å². The minimum atomic E-state index is -0.141. The van der Waals surface area contributed by atoms with E-state index in [4.69, 9.17) is 4.42 Å². The van der Waals surface area contributed by atoms with E-state index < -0.39 is 0 Å². The second kappa shape index (κ2) is 7.55. The first-order valence-electron chi connectivity index (χ1n) is 9.80. The molecule has 0 spiro atoms. The first-order valence-corrected chi connectivity index (χ1v) is 9.80. The number of carbonyl (C=O) groups is 1. The molecule has 0 saturated carbocycles. The minimum Gasteiger partial charge on any atom is -0.436 e. The zero-order valence-corrected chi connectivity index (χ0v) is 17.1. The Hall–Kier alpha value is -3.40. The fraction of sp³-hybridized carbons (Fsp3) is 0.200. The van der Waals surface area contributed by atoms with E-state index in [0.29, 0.717) is 34.2 Å². The summed E-state index contributed by atoms with van der Waals surface area (Å²) in [4.78, 5) is 17.2. The lowest BCUT2D eigenvalue weighted by Crippen LogP contribution is -2.11. The first kappa shape index (κ1) is 18.9. The highest BCUT2D eigenvalue weighted by Gasteiger charge is 2.12. The molecule has 0 saturated heterocycles. The van der Waals surface area contributed by atoms with E-state index in [1.807, 2.05) is 48.5 Å². The van der Waals surface area contributed by atoms with Gasteiger partial charge in [-0.25, -0.2) is 4.98 Å². The molecule has 3 aromatic carbocycles. The Labute approximate surface area is 170 Å². The summed E-state index contributed by atoms with van der Waals surface area (Å²) >= 11 is 0. The van der Waals surface area contributed by atoms with Crippen molar-refractivity contribution in [3.8, 4) is 11.5 Å². The lowest BCUT2D eigenvalue weighted by Gasteiger charge is -2.08. The SMILES string of the molecule is Cc1ccc(-c2nc3cc(NC(=O)c4ccc(C(C)C)cc4)ccc3o2)cc1C. The van der Waals surface area contributed by atoms with Crippen LogP contribution in [0.3, 0.4) is 0 Å². The normalized spacial score (nSPS) is 11.2. The molecular formula is C25H24N2O2. The molecule has 146 valence electrons. The number of carbonyl (C=O) groups excluding carboxylic acids is 1. The van der Waals surface area contributed by atoms with E-state index in [2.05, 4.69) is 50.1 Å². The monoisotopic (exact) mass is 384 g/mol. The van der Waals surface area contributed by atoms with Crippen LogP contribution in [0.5, 0.6) is 0 Å². The number of aromatic nitrogens is 1. The number of nitrogens with one attached hydrogen (secondary N) is 1. The standard InChI is InChI=1S/C25H24N2O2/c1-15(2)18-7-9-19(10-8-18)24(28)26-21-11-12-23-22(14-21)27-25(29-23)20-6-5-16(3)17(4)13-20/h5-15H,1-4H3,(H,26,28). The number of nitrogens with zero attached hydrogens (tertiary/aromatic N) is 1. The summed E-state index contributed by atoms with van der Waals surface area (Å²) in [7, 11) is 0. The summed E-state index contributed by atoms with van der Waals surface area (Å²) in [6, 6.07) is 19.4. The summed E-state index contributed by atoms with van der Waals surface area (Å²) in [5, 5.41) is 2.94. The van der Waals surface area contributed by atoms with Gasteiger partial charge in [-0.3, -0.25) is 4.79 Å². The molecule has 0 aliphatic carbocycles. The van der Waals surface area contributed by atoms with Crippen LogP contribution in [-0.4, -0.2) is 10.9 Å². The highest BCUT2D eigenvalue weighted by molar-refractivity contribution is 6.05. The Morgan fingerprint density at radius 1 is 0.931 bits per heavy atom. The van der Waals surface area contributed by atoms with Crippen LogP contribution in [-0.2, 0) is 0 Å². The average molecular weight is 384 g/mol. The maximum Gasteiger partial charge on any atom is 0.255 e. The fourth-order valence-corrected chi connectivity index (χ4v) is 3.23. The number of oxazole rings is 1. The van der Waals surface area contributed by atoms with E-state index in [0.717, 1.165) is 5.56 Å². The lowest BCUT2D eigenvalue weighted by atomic mass is 10.0. The Bertz CT molecular complexity index is 1190. The molecule has 29 heavy (non-hydrogen) atoms. The van der Waals surface area contributed by atoms with Gasteiger partial charge in [-0.05, 0) is 78.9 Å². The van der Waals surface area contributed by atoms with Crippen molar-refractivity contribution in [2.24, 2.45) is 0 Å². The number of fused-ring (bicyclic) bond motifs is 1. The summed E-state index contributed by atoms with van der Waals surface area (Å²) in [5.74, 6) is 0.876. The van der Waals surface area contributed by atoms with Crippen molar-refractivity contribution in [2.45, 2.75) is 33.6 Å². The van der Waals surface area contributed by atoms with Crippen molar-refractivity contribution >= 4 is 22.7 Å². The van der Waals surface area contributed by atoms with Gasteiger partial charge in [0.1, 0.15) is 5.52 Å². The minimum absolute atomic E-state index is 0.141. The topological polar surface area (TPSA) is 55.1 Å². The summed E-state index contributed by atoms with van der Waals surface area (Å²) < 4.78 is 5.91. The highest BCUT2D eigenvalue weighted by atomic mass is 16.3. The van der Waals surface area contributed by atoms with E-state index in [9.17, 15) is 4.79 Å². The second-order valence-corrected chi connectivity index (χ2v) is 7.73. The smallest absolute Gasteiger partial charge is 0.255 e. The Balaban J connectivity index is 1.57. The number of anilines is 1. The molecule has 0 radical (unpaired) electrons. The lowest BCUT2D eigenvalue weighted by molar-refractivity contribution is 0.102. The van der Waals surface area contributed by atoms with Gasteiger partial charge in [-0.15, -0.1) is 0 Å². The molecule has 4 rings (SSSR count). The third-order valence-electron chi connectivity index (χ3n) is 5.24. The van der Waals surface area contributed by atoms with Crippen LogP contribution >= 0.6 is 0 Å². The molecule has 1 amide bonds. The van der Waals surface area contributed by atoms with Gasteiger partial charge in [-0.2, -0.15) is 0 Å². The third kappa shape index (κ3) is 3.92. The van der Waals surface area contributed by atoms with Crippen molar-refractivity contribution in [2.75, 3.05) is 5.32 Å². The van der Waals surface area contributed by atoms with E-state index in [1.54, 1.807) is 0 Å². The Morgan fingerprint density at radius 3 is 2.38 bits per heavy atom. The summed E-state index contributed by atoms with van der Waals surface area (Å²) in [6.45, 7) is 8.42. The van der Waals surface area contributed by atoms with Gasteiger partial charge < -0.3 is 9.73 Å². The van der Waals surface area contributed by atoms with Gasteiger partial charge in [0, 0.05) is 16.8 Å². The predicted molar refractivity (Wildman–Crippen MR) is 117 cm³/mol. The van der Waals surface area contributed by atoms with Crippen LogP contribution in [0.15, 0.2) is 65.1 Å². The molecule has 4 nitrogen and oxygen atoms in total. The molecule has 1 aromatic heterocycles. The maximum atomic E-state index is 12.6. The molecule has 4 heteroatoms. The molecule has 0 aliphatic heterocycles. The van der Waals surface area contributed by atoms with Gasteiger partial charge in [0.2, 0.25) is 5.89 Å². The Morgan fingerprint density at radius 2 is 1.69 bits per heavy atom. The average Bonchev–Trinajstić information content (AvgIpc) is 3.13. The number of benzene rings is 3. The number of rotatable bonds is 4. The number of hydrogen-bond acceptors (Lipinski definition) is 3. The highest BCUT2D eigenvalue weighted by Crippen LogP contribution is 2.27. The molecule has 0 atom stereocenters. The molecule has 1 N–H and O–H groups in total. The van der Waals surface area contributed by atoms with Gasteiger partial charge in [-0.1, -0.05) is 32.0 Å². The third-order valence-corrected chi connectivity index (χ3v) is 5.24. The predicted octanol–water partition coefficient (Wildman–Crippen LogP) is 6.49. The van der Waals surface area contributed by atoms with Crippen LogP contribution in [0.25, 0.3) is 22.6 Å². The quantitative estimate of drug-likeness (QED) is 0.438. The molecule has 0 aliphatic rings. The fourth-order valence-electron chi connectivity index (χ4n) is 3.23. The molecule has 0 bridgehead atoms. The van der Waals surface area contributed by atoms with Crippen LogP contribution in [0.1, 0.15) is 46.8 Å². The summed E-state index contributed by atoms with van der Waals surface area (Å²) in [6.07, 6.45) is 0. The molecule has 4 aromatic rings. The first-order chi connectivity index (χ1) is 13.9. The van der Waals surface area contributed by atoms with E-state index >= 15 is 0 Å². The molecule has 0 unspecified atom stereocenters. The van der Waals surface area contributed by atoms with Crippen LogP contribution in [0.4, 0.5) is 5.69 Å². The zero-order chi connectivity index (χ0) is 20.5. The van der Waals surface area contributed by atoms with Gasteiger partial charge in [0.15, 0.2) is 5.58 Å². The number of aryl methyl sites for hydroxylation is 2. The molecular weight excluding hydrogens is 360 g/mol. The van der Waals surface area contributed by atoms with Crippen LogP contribution in [0, 0.1) is 13.8 Å². The van der Waals surface area contributed by atoms with Crippen molar-refractivity contribution in [3.05, 3.63) is 82.9 Å². The van der Waals surface area contributed by atoms with Crippen LogP contribution in [0.2, 0.25) is 0 Å². The van der Waals surface area contributed by atoms with Crippen molar-refractivity contribution in [1.29, 1.82) is 0 Å². The van der Waals surface area contributed by atoms with Gasteiger partial charge in [0.05, 0.1) is 0 Å². The van der Waals surface area contributed by atoms with Crippen molar-refractivity contribution < 1.29 is 9.21 Å². The van der Waals surface area contributed by atoms with Crippen LogP contribution < -0.4 is 5.32 Å². The maximum absolute atomic E-state index is 12.6. The molecule has 1 heterocycles. The van der Waals surface area contributed by atoms with E-state index in [-0.39, 0.29) is 5.91 Å². The van der Waals surface area contributed by atoms with Gasteiger partial charge in [0.25, 0.3) is 5.91 Å². The second-order valence-electron chi connectivity index (χ2n) is 7.73. The van der Waals surface area contributed by atoms with Crippen molar-refractivity contribution in [1.82, 2.24) is 4.98 Å². The number of amides is 1. The molecule has 0 fully saturated rings. The Kier molecular flexibility index (Phi) is 4.93. The largest absolute Gasteiger partial charge is 0.436 e.